The van der Waals surface area contributed by atoms with Gasteiger partial charge in [0.1, 0.15) is 23.3 Å². The number of benzene rings is 3. The Balaban J connectivity index is 1.50. The molecule has 0 aliphatic carbocycles. The Hall–Kier alpha value is -4.28. The number of H-pyrrole nitrogens is 2. The molecule has 41 heavy (non-hydrogen) atoms. The van der Waals surface area contributed by atoms with Gasteiger partial charge in [-0.1, -0.05) is 63.9 Å². The smallest absolute Gasteiger partial charge is 0.329 e. The number of hydrogen-bond acceptors (Lipinski definition) is 5. The molecule has 210 valence electrons. The fourth-order valence-corrected chi connectivity index (χ4v) is 5.20. The van der Waals surface area contributed by atoms with Crippen LogP contribution in [0.2, 0.25) is 5.02 Å². The zero-order valence-corrected chi connectivity index (χ0v) is 24.6. The van der Waals surface area contributed by atoms with Gasteiger partial charge in [0.05, 0.1) is 16.9 Å². The van der Waals surface area contributed by atoms with Crippen molar-refractivity contribution in [3.05, 3.63) is 110 Å². The summed E-state index contributed by atoms with van der Waals surface area (Å²) in [6.07, 6.45) is 2.05. The quantitative estimate of drug-likeness (QED) is 0.193. The summed E-state index contributed by atoms with van der Waals surface area (Å²) in [5.74, 6) is 0.579. The summed E-state index contributed by atoms with van der Waals surface area (Å²) < 4.78 is 7.69. The molecule has 0 aliphatic rings. The Morgan fingerprint density at radius 1 is 1.10 bits per heavy atom. The van der Waals surface area contributed by atoms with Gasteiger partial charge in [-0.15, -0.1) is 0 Å². The van der Waals surface area contributed by atoms with Crippen LogP contribution in [0, 0.1) is 0 Å². The van der Waals surface area contributed by atoms with E-state index >= 15 is 0 Å². The molecule has 0 radical (unpaired) electrons. The van der Waals surface area contributed by atoms with Crippen molar-refractivity contribution in [2.75, 3.05) is 20.7 Å². The number of aromatic nitrogens is 4. The number of carbonyl (C=O) groups is 1. The monoisotopic (exact) mass is 635 g/mol. The molecule has 3 N–H and O–H groups in total. The number of halogens is 2. The van der Waals surface area contributed by atoms with Crippen LogP contribution in [0.15, 0.2) is 88.3 Å². The van der Waals surface area contributed by atoms with E-state index in [1.807, 2.05) is 42.5 Å². The molecule has 0 aliphatic heterocycles. The first-order valence-corrected chi connectivity index (χ1v) is 13.9. The van der Waals surface area contributed by atoms with E-state index in [2.05, 4.69) is 30.9 Å². The first-order chi connectivity index (χ1) is 19.7. The first-order valence-electron chi connectivity index (χ1n) is 12.7. The van der Waals surface area contributed by atoms with Gasteiger partial charge in [-0.3, -0.25) is 9.36 Å². The Morgan fingerprint density at radius 2 is 1.83 bits per heavy atom. The third-order valence-electron chi connectivity index (χ3n) is 6.62. The maximum Gasteiger partial charge on any atom is 0.329 e. The van der Waals surface area contributed by atoms with Crippen molar-refractivity contribution < 1.29 is 14.6 Å². The molecule has 0 fully saturated rings. The number of hydrogen-bond donors (Lipinski definition) is 3. The SMILES string of the molecule is CN(C)C(=O)COc1ccc(-c2[nH]c(=O)n([C@@H](Cc3ccccc3)c3ncc(-c4ccc(Br)cc4Cl)[nH]3)c2O)cc1. The highest BCUT2D eigenvalue weighted by atomic mass is 79.9. The number of amides is 1. The molecule has 0 bridgehead atoms. The highest BCUT2D eigenvalue weighted by molar-refractivity contribution is 9.10. The Morgan fingerprint density at radius 3 is 2.51 bits per heavy atom. The molecule has 11 heteroatoms. The van der Waals surface area contributed by atoms with Crippen molar-refractivity contribution in [3.63, 3.8) is 0 Å². The Kier molecular flexibility index (Phi) is 8.32. The average molecular weight is 637 g/mol. The summed E-state index contributed by atoms with van der Waals surface area (Å²) in [6, 6.07) is 21.3. The predicted octanol–water partition coefficient (Wildman–Crippen LogP) is 5.65. The number of imidazole rings is 2. The third kappa shape index (κ3) is 6.23. The molecule has 2 aromatic heterocycles. The summed E-state index contributed by atoms with van der Waals surface area (Å²) >= 11 is 9.90. The molecule has 5 rings (SSSR count). The van der Waals surface area contributed by atoms with Crippen LogP contribution >= 0.6 is 27.5 Å². The number of nitrogens with one attached hydrogen (secondary N) is 2. The summed E-state index contributed by atoms with van der Waals surface area (Å²) in [6.45, 7) is -0.0947. The van der Waals surface area contributed by atoms with Gasteiger partial charge in [0, 0.05) is 36.1 Å². The van der Waals surface area contributed by atoms with E-state index in [4.69, 9.17) is 16.3 Å². The number of likely N-dealkylation sites (N-methyl/N-ethyl adjacent to an activating group) is 1. The average Bonchev–Trinajstić information content (AvgIpc) is 3.55. The number of nitrogens with zero attached hydrogens (tertiary/aromatic N) is 3. The predicted molar refractivity (Wildman–Crippen MR) is 161 cm³/mol. The summed E-state index contributed by atoms with van der Waals surface area (Å²) in [5, 5.41) is 11.9. The minimum atomic E-state index is -0.655. The maximum absolute atomic E-state index is 13.3. The van der Waals surface area contributed by atoms with Crippen LogP contribution in [-0.2, 0) is 11.2 Å². The number of ether oxygens (including phenoxy) is 1. The molecule has 1 amide bonds. The van der Waals surface area contributed by atoms with Gasteiger partial charge in [-0.2, -0.15) is 0 Å². The van der Waals surface area contributed by atoms with Crippen LogP contribution in [0.25, 0.3) is 22.5 Å². The van der Waals surface area contributed by atoms with Crippen molar-refractivity contribution in [1.29, 1.82) is 0 Å². The molecular weight excluding hydrogens is 610 g/mol. The molecule has 9 nitrogen and oxygen atoms in total. The van der Waals surface area contributed by atoms with Gasteiger partial charge < -0.3 is 24.7 Å². The van der Waals surface area contributed by atoms with Crippen molar-refractivity contribution in [3.8, 4) is 34.1 Å². The van der Waals surface area contributed by atoms with E-state index in [1.165, 1.54) is 9.47 Å². The third-order valence-corrected chi connectivity index (χ3v) is 7.43. The van der Waals surface area contributed by atoms with Crippen LogP contribution in [0.5, 0.6) is 11.6 Å². The van der Waals surface area contributed by atoms with E-state index in [-0.39, 0.29) is 24.1 Å². The molecule has 5 aromatic rings. The topological polar surface area (TPSA) is 116 Å². The normalized spacial score (nSPS) is 11.8. The number of carbonyl (C=O) groups excluding carboxylic acids is 1. The van der Waals surface area contributed by atoms with Crippen molar-refractivity contribution in [1.82, 2.24) is 24.4 Å². The van der Waals surface area contributed by atoms with Gasteiger partial charge in [-0.25, -0.2) is 9.78 Å². The van der Waals surface area contributed by atoms with Crippen LogP contribution in [-0.4, -0.2) is 56.1 Å². The van der Waals surface area contributed by atoms with Gasteiger partial charge in [0.25, 0.3) is 5.91 Å². The van der Waals surface area contributed by atoms with Gasteiger partial charge in [0.2, 0.25) is 5.88 Å². The molecular formula is C30H27BrClN5O4. The van der Waals surface area contributed by atoms with Crippen LogP contribution < -0.4 is 10.4 Å². The van der Waals surface area contributed by atoms with Crippen LogP contribution in [0.4, 0.5) is 0 Å². The van der Waals surface area contributed by atoms with Crippen LogP contribution in [0.1, 0.15) is 17.4 Å². The molecule has 0 spiro atoms. The van der Waals surface area contributed by atoms with Crippen molar-refractivity contribution in [2.45, 2.75) is 12.5 Å². The van der Waals surface area contributed by atoms with E-state index < -0.39 is 11.7 Å². The zero-order valence-electron chi connectivity index (χ0n) is 22.3. The van der Waals surface area contributed by atoms with Gasteiger partial charge in [0.15, 0.2) is 6.61 Å². The zero-order chi connectivity index (χ0) is 29.1. The lowest BCUT2D eigenvalue weighted by Gasteiger charge is -2.17. The maximum atomic E-state index is 13.3. The van der Waals surface area contributed by atoms with E-state index in [0.29, 0.717) is 34.3 Å². The molecule has 0 saturated carbocycles. The fraction of sp³-hybridized carbons (Fsp3) is 0.167. The highest BCUT2D eigenvalue weighted by Crippen LogP contribution is 2.34. The Bertz CT molecular complexity index is 1730. The van der Waals surface area contributed by atoms with E-state index in [0.717, 1.165) is 15.6 Å². The first kappa shape index (κ1) is 28.3. The molecule has 3 aromatic carbocycles. The standard InChI is InChI=1S/C30H27BrClN5O4/c1-36(2)26(38)17-41-21-11-8-19(9-12-21)27-29(39)37(30(40)35-27)25(14-18-6-4-3-5-7-18)28-33-16-24(34-28)22-13-10-20(31)15-23(22)32/h3-13,15-16,25,39H,14,17H2,1-2H3,(H,33,34)(H,35,40)/t25-/m0/s1. The fourth-order valence-electron chi connectivity index (χ4n) is 4.42. The largest absolute Gasteiger partial charge is 0.493 e. The highest BCUT2D eigenvalue weighted by Gasteiger charge is 2.26. The molecule has 1 atom stereocenters. The van der Waals surface area contributed by atoms with Gasteiger partial charge in [-0.05, 0) is 42.0 Å². The van der Waals surface area contributed by atoms with Crippen molar-refractivity contribution in [2.24, 2.45) is 0 Å². The Labute approximate surface area is 249 Å². The van der Waals surface area contributed by atoms with E-state index in [9.17, 15) is 14.7 Å². The number of rotatable bonds is 9. The minimum absolute atomic E-state index is 0.0947. The lowest BCUT2D eigenvalue weighted by molar-refractivity contribution is -0.130. The van der Waals surface area contributed by atoms with E-state index in [1.54, 1.807) is 50.6 Å². The van der Waals surface area contributed by atoms with Crippen LogP contribution in [0.3, 0.4) is 0 Å². The second kappa shape index (κ2) is 12.1. The number of aromatic amines is 2. The summed E-state index contributed by atoms with van der Waals surface area (Å²) in [4.78, 5) is 37.3. The lowest BCUT2D eigenvalue weighted by atomic mass is 10.0. The molecule has 0 saturated heterocycles. The molecule has 2 heterocycles. The number of aromatic hydroxyl groups is 1. The van der Waals surface area contributed by atoms with Crippen molar-refractivity contribution >= 4 is 33.4 Å². The summed E-state index contributed by atoms with van der Waals surface area (Å²) in [5.41, 5.74) is 2.74. The second-order valence-corrected chi connectivity index (χ2v) is 10.9. The summed E-state index contributed by atoms with van der Waals surface area (Å²) in [7, 11) is 3.31. The van der Waals surface area contributed by atoms with Gasteiger partial charge >= 0.3 is 5.69 Å². The second-order valence-electron chi connectivity index (χ2n) is 9.61. The molecule has 0 unspecified atom stereocenters. The minimum Gasteiger partial charge on any atom is -0.493 e. The lowest BCUT2D eigenvalue weighted by Crippen LogP contribution is -2.27.